The minimum Gasteiger partial charge on any atom is -0.393 e. The van der Waals surface area contributed by atoms with Gasteiger partial charge >= 0.3 is 0 Å². The minimum atomic E-state index is -0.0793. The number of hydrogen-bond donors (Lipinski definition) is 2. The van der Waals surface area contributed by atoms with Gasteiger partial charge in [0.15, 0.2) is 0 Å². The Hall–Kier alpha value is -0.340. The summed E-state index contributed by atoms with van der Waals surface area (Å²) in [4.78, 5) is 0. The molecule has 3 fully saturated rings. The molecule has 23 heavy (non-hydrogen) atoms. The summed E-state index contributed by atoms with van der Waals surface area (Å²) < 4.78 is 0. The van der Waals surface area contributed by atoms with Crippen molar-refractivity contribution in [1.29, 1.82) is 0 Å². The van der Waals surface area contributed by atoms with Crippen molar-refractivity contribution in [2.45, 2.75) is 84.3 Å². The molecule has 4 aliphatic rings. The molecular formula is C21H35NO. The number of rotatable bonds is 2. The quantitative estimate of drug-likeness (QED) is 0.745. The number of hydrogen-bond acceptors (Lipinski definition) is 2. The maximum atomic E-state index is 10.1. The molecule has 4 rings (SSSR count). The van der Waals surface area contributed by atoms with Gasteiger partial charge < -0.3 is 10.4 Å². The van der Waals surface area contributed by atoms with Crippen molar-refractivity contribution in [3.63, 3.8) is 0 Å². The Bertz CT molecular complexity index is 500. The van der Waals surface area contributed by atoms with Crippen LogP contribution >= 0.6 is 0 Å². The summed E-state index contributed by atoms with van der Waals surface area (Å²) in [6.45, 7) is 8.48. The van der Waals surface area contributed by atoms with Crippen LogP contribution in [-0.2, 0) is 0 Å². The summed E-state index contributed by atoms with van der Waals surface area (Å²) in [6.07, 6.45) is 12.5. The van der Waals surface area contributed by atoms with E-state index in [-0.39, 0.29) is 6.10 Å². The third-order valence-corrected chi connectivity index (χ3v) is 8.53. The zero-order chi connectivity index (χ0) is 16.2. The van der Waals surface area contributed by atoms with Gasteiger partial charge in [-0.2, -0.15) is 0 Å². The van der Waals surface area contributed by atoms with Crippen molar-refractivity contribution in [3.8, 4) is 0 Å². The maximum Gasteiger partial charge on any atom is 0.0577 e. The first-order chi connectivity index (χ1) is 11.0. The van der Waals surface area contributed by atoms with Gasteiger partial charge in [-0.3, -0.25) is 0 Å². The lowest BCUT2D eigenvalue weighted by molar-refractivity contribution is -0.0431. The molecule has 130 valence electrons. The van der Waals surface area contributed by atoms with Gasteiger partial charge in [0.1, 0.15) is 0 Å². The largest absolute Gasteiger partial charge is 0.393 e. The van der Waals surface area contributed by atoms with E-state index in [0.29, 0.717) is 10.8 Å². The SMILES string of the molecule is CCNC1CC[C@H]2[C@@H]3CC=C4CC(O)CC[C@]4(C)[C@H]3CC[C@]12C. The molecule has 0 aromatic rings. The Kier molecular flexibility index (Phi) is 3.93. The Morgan fingerprint density at radius 3 is 2.74 bits per heavy atom. The highest BCUT2D eigenvalue weighted by Gasteiger charge is 2.58. The molecule has 3 saturated carbocycles. The molecule has 0 aliphatic heterocycles. The van der Waals surface area contributed by atoms with Gasteiger partial charge in [-0.15, -0.1) is 0 Å². The first-order valence-corrected chi connectivity index (χ1v) is 10.1. The Morgan fingerprint density at radius 2 is 1.96 bits per heavy atom. The summed E-state index contributed by atoms with van der Waals surface area (Å²) >= 11 is 0. The van der Waals surface area contributed by atoms with Gasteiger partial charge in [-0.25, -0.2) is 0 Å². The average Bonchev–Trinajstić information content (AvgIpc) is 2.85. The molecule has 0 saturated heterocycles. The van der Waals surface area contributed by atoms with Crippen LogP contribution < -0.4 is 5.32 Å². The zero-order valence-electron chi connectivity index (χ0n) is 15.3. The summed E-state index contributed by atoms with van der Waals surface area (Å²) in [6, 6.07) is 0.741. The fourth-order valence-electron chi connectivity index (χ4n) is 7.22. The fourth-order valence-corrected chi connectivity index (χ4v) is 7.22. The van der Waals surface area contributed by atoms with Crippen LogP contribution in [0.25, 0.3) is 0 Å². The highest BCUT2D eigenvalue weighted by Crippen LogP contribution is 2.64. The smallest absolute Gasteiger partial charge is 0.0577 e. The van der Waals surface area contributed by atoms with E-state index in [1.807, 2.05) is 0 Å². The lowest BCUT2D eigenvalue weighted by Gasteiger charge is -2.58. The second kappa shape index (κ2) is 5.59. The summed E-state index contributed by atoms with van der Waals surface area (Å²) in [5.41, 5.74) is 2.51. The lowest BCUT2D eigenvalue weighted by Crippen LogP contribution is -2.53. The van der Waals surface area contributed by atoms with Crippen molar-refractivity contribution in [2.75, 3.05) is 6.54 Å². The van der Waals surface area contributed by atoms with E-state index in [1.165, 1.54) is 38.5 Å². The third kappa shape index (κ3) is 2.28. The fraction of sp³-hybridized carbons (Fsp3) is 0.905. The second-order valence-electron chi connectivity index (χ2n) is 9.39. The van der Waals surface area contributed by atoms with Crippen LogP contribution in [-0.4, -0.2) is 23.8 Å². The molecule has 0 aromatic heterocycles. The normalized spacial score (nSPS) is 52.3. The molecule has 2 N–H and O–H groups in total. The first-order valence-electron chi connectivity index (χ1n) is 10.1. The van der Waals surface area contributed by atoms with Crippen LogP contribution in [0.2, 0.25) is 0 Å². The van der Waals surface area contributed by atoms with Gasteiger partial charge in [-0.1, -0.05) is 32.4 Å². The maximum absolute atomic E-state index is 10.1. The van der Waals surface area contributed by atoms with Crippen LogP contribution in [0.5, 0.6) is 0 Å². The van der Waals surface area contributed by atoms with Gasteiger partial charge in [0.25, 0.3) is 0 Å². The van der Waals surface area contributed by atoms with Crippen molar-refractivity contribution in [3.05, 3.63) is 11.6 Å². The van der Waals surface area contributed by atoms with Crippen LogP contribution in [0.3, 0.4) is 0 Å². The van der Waals surface area contributed by atoms with Crippen LogP contribution in [0.1, 0.15) is 72.1 Å². The van der Waals surface area contributed by atoms with E-state index in [0.717, 1.165) is 43.2 Å². The molecule has 0 amide bonds. The number of allylic oxidation sites excluding steroid dienone is 1. The van der Waals surface area contributed by atoms with Crippen LogP contribution in [0.4, 0.5) is 0 Å². The van der Waals surface area contributed by atoms with Crippen molar-refractivity contribution in [2.24, 2.45) is 28.6 Å². The number of nitrogens with one attached hydrogen (secondary N) is 1. The van der Waals surface area contributed by atoms with E-state index >= 15 is 0 Å². The molecule has 0 aromatic carbocycles. The molecule has 0 heterocycles. The molecule has 0 spiro atoms. The Balaban J connectivity index is 1.62. The van der Waals surface area contributed by atoms with E-state index in [9.17, 15) is 5.11 Å². The summed E-state index contributed by atoms with van der Waals surface area (Å²) in [7, 11) is 0. The molecule has 0 radical (unpaired) electrons. The topological polar surface area (TPSA) is 32.3 Å². The van der Waals surface area contributed by atoms with E-state index in [4.69, 9.17) is 0 Å². The first kappa shape index (κ1) is 16.1. The predicted molar refractivity (Wildman–Crippen MR) is 95.2 cm³/mol. The molecule has 4 aliphatic carbocycles. The van der Waals surface area contributed by atoms with Gasteiger partial charge in [0.05, 0.1) is 6.10 Å². The van der Waals surface area contributed by atoms with Crippen molar-refractivity contribution < 1.29 is 5.11 Å². The molecule has 7 atom stereocenters. The molecular weight excluding hydrogens is 282 g/mol. The summed E-state index contributed by atoms with van der Waals surface area (Å²) in [5.74, 6) is 2.67. The standard InChI is InChI=1S/C21H35NO/c1-4-22-19-8-7-17-16-6-5-14-13-15(23)9-11-20(14,2)18(16)10-12-21(17,19)3/h5,15-19,22-23H,4,6-13H2,1-3H3/t15?,16-,17-,18-,19?,20-,21-/m0/s1. The van der Waals surface area contributed by atoms with Crippen LogP contribution in [0.15, 0.2) is 11.6 Å². The Labute approximate surface area is 142 Å². The van der Waals surface area contributed by atoms with Crippen LogP contribution in [0, 0.1) is 28.6 Å². The highest BCUT2D eigenvalue weighted by molar-refractivity contribution is 5.25. The predicted octanol–water partition coefficient (Wildman–Crippen LogP) is 4.29. The zero-order valence-corrected chi connectivity index (χ0v) is 15.3. The summed E-state index contributed by atoms with van der Waals surface area (Å²) in [5, 5.41) is 13.9. The Morgan fingerprint density at radius 1 is 1.13 bits per heavy atom. The van der Waals surface area contributed by atoms with E-state index in [1.54, 1.807) is 5.57 Å². The van der Waals surface area contributed by atoms with Gasteiger partial charge in [0.2, 0.25) is 0 Å². The monoisotopic (exact) mass is 317 g/mol. The van der Waals surface area contributed by atoms with E-state index in [2.05, 4.69) is 32.2 Å². The van der Waals surface area contributed by atoms with Gasteiger partial charge in [0, 0.05) is 6.04 Å². The second-order valence-corrected chi connectivity index (χ2v) is 9.39. The molecule has 2 nitrogen and oxygen atoms in total. The molecule has 0 bridgehead atoms. The molecule has 2 unspecified atom stereocenters. The molecule has 2 heteroatoms. The lowest BCUT2D eigenvalue weighted by atomic mass is 9.48. The van der Waals surface area contributed by atoms with Crippen molar-refractivity contribution >= 4 is 0 Å². The highest BCUT2D eigenvalue weighted by atomic mass is 16.3. The van der Waals surface area contributed by atoms with E-state index < -0.39 is 0 Å². The number of aliphatic hydroxyl groups excluding tert-OH is 1. The van der Waals surface area contributed by atoms with Gasteiger partial charge in [-0.05, 0) is 86.5 Å². The number of aliphatic hydroxyl groups is 1. The average molecular weight is 318 g/mol. The minimum absolute atomic E-state index is 0.0793. The van der Waals surface area contributed by atoms with Crippen molar-refractivity contribution in [1.82, 2.24) is 5.32 Å². The third-order valence-electron chi connectivity index (χ3n) is 8.53. The number of fused-ring (bicyclic) bond motifs is 5.